The van der Waals surface area contributed by atoms with Crippen molar-refractivity contribution in [1.82, 2.24) is 5.32 Å². The fourth-order valence-electron chi connectivity index (χ4n) is 2.56. The van der Waals surface area contributed by atoms with Crippen LogP contribution in [0.5, 0.6) is 0 Å². The van der Waals surface area contributed by atoms with E-state index in [9.17, 15) is 9.59 Å². The third kappa shape index (κ3) is 4.93. The molecule has 0 aliphatic heterocycles. The molecule has 0 bridgehead atoms. The molecule has 0 atom stereocenters. The van der Waals surface area contributed by atoms with Crippen molar-refractivity contribution in [1.29, 1.82) is 0 Å². The zero-order chi connectivity index (χ0) is 17.7. The number of benzene rings is 2. The Bertz CT molecular complexity index is 721. The van der Waals surface area contributed by atoms with Gasteiger partial charge in [0.05, 0.1) is 0 Å². The van der Waals surface area contributed by atoms with Gasteiger partial charge >= 0.3 is 0 Å². The minimum Gasteiger partial charge on any atom is -0.350 e. The Hall–Kier alpha value is -2.14. The van der Waals surface area contributed by atoms with Gasteiger partial charge < -0.3 is 10.2 Å². The smallest absolute Gasteiger partial charge is 0.251 e. The number of hydrogen-bond acceptors (Lipinski definition) is 2. The van der Waals surface area contributed by atoms with E-state index in [0.717, 1.165) is 21.3 Å². The van der Waals surface area contributed by atoms with Gasteiger partial charge in [0.1, 0.15) is 0 Å². The summed E-state index contributed by atoms with van der Waals surface area (Å²) in [6, 6.07) is 13.2. The Labute approximate surface area is 151 Å². The highest BCUT2D eigenvalue weighted by molar-refractivity contribution is 9.10. The maximum atomic E-state index is 12.1. The molecule has 0 radical (unpaired) electrons. The first kappa shape index (κ1) is 18.2. The molecule has 5 heteroatoms. The molecule has 2 aromatic carbocycles. The van der Waals surface area contributed by atoms with Gasteiger partial charge in [0.25, 0.3) is 5.91 Å². The lowest BCUT2D eigenvalue weighted by atomic mass is 10.1. The number of carbonyl (C=O) groups is 2. The summed E-state index contributed by atoms with van der Waals surface area (Å²) in [4.78, 5) is 25.8. The summed E-state index contributed by atoms with van der Waals surface area (Å²) in [6.45, 7) is 6.37. The minimum atomic E-state index is -0.147. The lowest BCUT2D eigenvalue weighted by molar-refractivity contribution is -0.116. The van der Waals surface area contributed by atoms with Gasteiger partial charge in [-0.25, -0.2) is 0 Å². The molecular formula is C19H21BrN2O2. The monoisotopic (exact) mass is 388 g/mol. The Morgan fingerprint density at radius 2 is 1.62 bits per heavy atom. The van der Waals surface area contributed by atoms with Gasteiger partial charge in [-0.15, -0.1) is 0 Å². The van der Waals surface area contributed by atoms with E-state index < -0.39 is 0 Å². The van der Waals surface area contributed by atoms with Crippen molar-refractivity contribution in [2.75, 3.05) is 18.0 Å². The van der Waals surface area contributed by atoms with Crippen molar-refractivity contribution in [2.24, 2.45) is 0 Å². The van der Waals surface area contributed by atoms with Crippen LogP contribution in [-0.4, -0.2) is 24.9 Å². The first-order chi connectivity index (χ1) is 11.4. The van der Waals surface area contributed by atoms with Crippen LogP contribution in [0.3, 0.4) is 0 Å². The Kier molecular flexibility index (Phi) is 6.15. The second kappa shape index (κ2) is 8.11. The predicted molar refractivity (Wildman–Crippen MR) is 100 cm³/mol. The summed E-state index contributed by atoms with van der Waals surface area (Å²) >= 11 is 3.34. The molecule has 0 fully saturated rings. The predicted octanol–water partition coefficient (Wildman–Crippen LogP) is 3.85. The molecule has 4 nitrogen and oxygen atoms in total. The second-order valence-corrected chi connectivity index (χ2v) is 6.70. The third-order valence-corrected chi connectivity index (χ3v) is 4.15. The molecule has 24 heavy (non-hydrogen) atoms. The van der Waals surface area contributed by atoms with Crippen LogP contribution >= 0.6 is 15.9 Å². The van der Waals surface area contributed by atoms with Crippen LogP contribution in [0.1, 0.15) is 28.4 Å². The van der Waals surface area contributed by atoms with Crippen LogP contribution in [0, 0.1) is 13.8 Å². The minimum absolute atomic E-state index is 0.0436. The first-order valence-electron chi connectivity index (χ1n) is 7.77. The molecule has 0 aromatic heterocycles. The number of carbonyl (C=O) groups excluding carboxylic acids is 2. The average Bonchev–Trinajstić information content (AvgIpc) is 2.50. The molecule has 126 valence electrons. The van der Waals surface area contributed by atoms with Crippen LogP contribution in [0.4, 0.5) is 5.69 Å². The van der Waals surface area contributed by atoms with Crippen LogP contribution < -0.4 is 10.2 Å². The average molecular weight is 389 g/mol. The van der Waals surface area contributed by atoms with Gasteiger partial charge in [-0.2, -0.15) is 0 Å². The largest absolute Gasteiger partial charge is 0.350 e. The number of amides is 2. The topological polar surface area (TPSA) is 49.4 Å². The van der Waals surface area contributed by atoms with Gasteiger partial charge in [-0.05, 0) is 61.4 Å². The number of halogens is 1. The van der Waals surface area contributed by atoms with E-state index in [2.05, 4.69) is 27.3 Å². The summed E-state index contributed by atoms with van der Waals surface area (Å²) in [5, 5.41) is 2.85. The summed E-state index contributed by atoms with van der Waals surface area (Å²) in [5.41, 5.74) is 3.67. The van der Waals surface area contributed by atoms with E-state index in [-0.39, 0.29) is 11.8 Å². The quantitative estimate of drug-likeness (QED) is 0.845. The lowest BCUT2D eigenvalue weighted by Gasteiger charge is -2.22. The Morgan fingerprint density at radius 3 is 2.17 bits per heavy atom. The molecule has 0 spiro atoms. The highest BCUT2D eigenvalue weighted by Gasteiger charge is 2.13. The van der Waals surface area contributed by atoms with E-state index in [1.165, 1.54) is 6.92 Å². The molecule has 0 unspecified atom stereocenters. The van der Waals surface area contributed by atoms with Crippen LogP contribution in [0.25, 0.3) is 0 Å². The zero-order valence-electron chi connectivity index (χ0n) is 14.1. The molecule has 0 saturated carbocycles. The second-order valence-electron chi connectivity index (χ2n) is 5.78. The van der Waals surface area contributed by atoms with Crippen molar-refractivity contribution < 1.29 is 9.59 Å². The molecule has 2 rings (SSSR count). The van der Waals surface area contributed by atoms with Crippen LogP contribution in [0.15, 0.2) is 46.9 Å². The number of rotatable bonds is 5. The zero-order valence-corrected chi connectivity index (χ0v) is 15.7. The van der Waals surface area contributed by atoms with Crippen molar-refractivity contribution in [2.45, 2.75) is 20.8 Å². The van der Waals surface area contributed by atoms with Crippen molar-refractivity contribution in [3.8, 4) is 0 Å². The fourth-order valence-corrected chi connectivity index (χ4v) is 2.82. The van der Waals surface area contributed by atoms with Gasteiger partial charge in [0.2, 0.25) is 5.91 Å². The Morgan fingerprint density at radius 1 is 1.04 bits per heavy atom. The van der Waals surface area contributed by atoms with Gasteiger partial charge in [0, 0.05) is 35.7 Å². The highest BCUT2D eigenvalue weighted by atomic mass is 79.9. The summed E-state index contributed by atoms with van der Waals surface area (Å²) in [7, 11) is 0. The van der Waals surface area contributed by atoms with E-state index in [1.54, 1.807) is 17.0 Å². The standard InChI is InChI=1S/C19H21BrN2O2/c1-13-10-14(2)12-18(11-13)22(15(3)23)9-8-21-19(24)16-4-6-17(20)7-5-16/h4-7,10-12H,8-9H2,1-3H3,(H,21,24). The number of anilines is 1. The Balaban J connectivity index is 2.00. The summed E-state index contributed by atoms with van der Waals surface area (Å²) in [5.74, 6) is -0.190. The molecule has 0 aliphatic rings. The maximum Gasteiger partial charge on any atom is 0.251 e. The number of nitrogens with one attached hydrogen (secondary N) is 1. The summed E-state index contributed by atoms with van der Waals surface area (Å²) in [6.07, 6.45) is 0. The fraction of sp³-hybridized carbons (Fsp3) is 0.263. The van der Waals surface area contributed by atoms with E-state index in [1.807, 2.05) is 38.1 Å². The highest BCUT2D eigenvalue weighted by Crippen LogP contribution is 2.18. The normalized spacial score (nSPS) is 10.3. The van der Waals surface area contributed by atoms with Crippen molar-refractivity contribution >= 4 is 33.4 Å². The van der Waals surface area contributed by atoms with Gasteiger partial charge in [0.15, 0.2) is 0 Å². The van der Waals surface area contributed by atoms with Crippen LogP contribution in [-0.2, 0) is 4.79 Å². The third-order valence-electron chi connectivity index (χ3n) is 3.63. The molecule has 0 heterocycles. The van der Waals surface area contributed by atoms with Gasteiger partial charge in [-0.3, -0.25) is 9.59 Å². The van der Waals surface area contributed by atoms with Crippen molar-refractivity contribution in [3.05, 3.63) is 63.6 Å². The van der Waals surface area contributed by atoms with E-state index in [0.29, 0.717) is 18.7 Å². The number of aryl methyl sites for hydroxylation is 2. The SMILES string of the molecule is CC(=O)N(CCNC(=O)c1ccc(Br)cc1)c1cc(C)cc(C)c1. The number of nitrogens with zero attached hydrogens (tertiary/aromatic N) is 1. The molecule has 0 aliphatic carbocycles. The molecule has 2 amide bonds. The van der Waals surface area contributed by atoms with E-state index >= 15 is 0 Å². The molecule has 0 saturated heterocycles. The van der Waals surface area contributed by atoms with Crippen LogP contribution in [0.2, 0.25) is 0 Å². The molecule has 1 N–H and O–H groups in total. The first-order valence-corrected chi connectivity index (χ1v) is 8.56. The number of hydrogen-bond donors (Lipinski definition) is 1. The van der Waals surface area contributed by atoms with Crippen molar-refractivity contribution in [3.63, 3.8) is 0 Å². The molecule has 2 aromatic rings. The lowest BCUT2D eigenvalue weighted by Crippen LogP contribution is -2.37. The molecular weight excluding hydrogens is 368 g/mol. The maximum absolute atomic E-state index is 12.1. The van der Waals surface area contributed by atoms with E-state index in [4.69, 9.17) is 0 Å². The van der Waals surface area contributed by atoms with Gasteiger partial charge in [-0.1, -0.05) is 22.0 Å². The summed E-state index contributed by atoms with van der Waals surface area (Å²) < 4.78 is 0.927.